The van der Waals surface area contributed by atoms with Gasteiger partial charge in [0.15, 0.2) is 0 Å². The molecule has 1 aliphatic rings. The first-order chi connectivity index (χ1) is 10.7. The van der Waals surface area contributed by atoms with E-state index >= 15 is 0 Å². The highest BCUT2D eigenvalue weighted by Gasteiger charge is 2.38. The zero-order chi connectivity index (χ0) is 17.2. The highest BCUT2D eigenvalue weighted by atomic mass is 32.2. The number of likely N-dealkylation sites (tertiary alicyclic amines) is 1. The lowest BCUT2D eigenvalue weighted by atomic mass is 10.0. The molecule has 1 aromatic heterocycles. The van der Waals surface area contributed by atoms with Crippen molar-refractivity contribution >= 4 is 16.1 Å². The Labute approximate surface area is 137 Å². The Balaban J connectivity index is 2.18. The van der Waals surface area contributed by atoms with Crippen molar-refractivity contribution in [2.45, 2.75) is 44.8 Å². The fraction of sp³-hybridized carbons (Fsp3) is 0.714. The summed E-state index contributed by atoms with van der Waals surface area (Å²) in [7, 11) is -1.50. The normalized spacial score (nSPS) is 21.9. The third-order valence-corrected chi connectivity index (χ3v) is 4.52. The van der Waals surface area contributed by atoms with Gasteiger partial charge in [0, 0.05) is 31.9 Å². The lowest BCUT2D eigenvalue weighted by molar-refractivity contribution is 0.186. The molecule has 0 aliphatic carbocycles. The summed E-state index contributed by atoms with van der Waals surface area (Å²) >= 11 is 0. The van der Waals surface area contributed by atoms with E-state index in [9.17, 15) is 13.2 Å². The molecule has 1 saturated heterocycles. The fourth-order valence-corrected chi connectivity index (χ4v) is 3.74. The predicted molar refractivity (Wildman–Crippen MR) is 87.5 cm³/mol. The Morgan fingerprint density at radius 2 is 2.17 bits per heavy atom. The van der Waals surface area contributed by atoms with Crippen molar-refractivity contribution in [3.8, 4) is 0 Å². The first kappa shape index (κ1) is 17.7. The number of hydrogen-bond acceptors (Lipinski definition) is 4. The van der Waals surface area contributed by atoms with E-state index in [-0.39, 0.29) is 24.2 Å². The van der Waals surface area contributed by atoms with Crippen LogP contribution in [0.4, 0.5) is 4.79 Å². The van der Waals surface area contributed by atoms with Gasteiger partial charge in [0.25, 0.3) is 0 Å². The van der Waals surface area contributed by atoms with Gasteiger partial charge in [-0.1, -0.05) is 0 Å². The number of nitrogens with zero attached hydrogens (tertiary/aromatic N) is 3. The number of carbonyl (C=O) groups excluding carboxylic acids is 1. The Hall–Kier alpha value is -1.61. The highest BCUT2D eigenvalue weighted by Crippen LogP contribution is 2.22. The molecule has 1 aromatic rings. The lowest BCUT2D eigenvalue weighted by Crippen LogP contribution is -2.51. The van der Waals surface area contributed by atoms with Crippen LogP contribution in [0.2, 0.25) is 0 Å². The zero-order valence-electron chi connectivity index (χ0n) is 14.0. The Bertz CT molecular complexity index is 655. The lowest BCUT2D eigenvalue weighted by Gasteiger charge is -2.29. The van der Waals surface area contributed by atoms with E-state index in [4.69, 9.17) is 0 Å². The molecule has 2 amide bonds. The summed E-state index contributed by atoms with van der Waals surface area (Å²) in [6, 6.07) is -0.647. The van der Waals surface area contributed by atoms with Crippen LogP contribution in [0.3, 0.4) is 0 Å². The molecule has 130 valence electrons. The standard InChI is InChI=1S/C14H25N5O3S/c1-10(2)16-14(20)19-6-5-12(17-23(4,21)22)13(19)7-11-8-15-18(3)9-11/h8-10,12-13,17H,5-7H2,1-4H3,(H,16,20)/t12-,13+/m1/s1. The number of rotatable bonds is 5. The number of carbonyl (C=O) groups is 1. The molecule has 0 saturated carbocycles. The third kappa shape index (κ3) is 4.93. The molecule has 1 fully saturated rings. The maximum Gasteiger partial charge on any atom is 0.317 e. The molecule has 9 heteroatoms. The molecule has 2 rings (SSSR count). The fourth-order valence-electron chi connectivity index (χ4n) is 2.92. The van der Waals surface area contributed by atoms with Crippen molar-refractivity contribution < 1.29 is 13.2 Å². The minimum Gasteiger partial charge on any atom is -0.336 e. The quantitative estimate of drug-likeness (QED) is 0.791. The van der Waals surface area contributed by atoms with Crippen LogP contribution in [0, 0.1) is 0 Å². The van der Waals surface area contributed by atoms with E-state index < -0.39 is 10.0 Å². The molecule has 8 nitrogen and oxygen atoms in total. The largest absolute Gasteiger partial charge is 0.336 e. The first-order valence-electron chi connectivity index (χ1n) is 7.67. The van der Waals surface area contributed by atoms with Gasteiger partial charge in [-0.05, 0) is 32.3 Å². The topological polar surface area (TPSA) is 96.3 Å². The molecule has 23 heavy (non-hydrogen) atoms. The van der Waals surface area contributed by atoms with Crippen LogP contribution in [-0.2, 0) is 23.5 Å². The number of hydrogen-bond donors (Lipinski definition) is 2. The van der Waals surface area contributed by atoms with Crippen molar-refractivity contribution in [2.75, 3.05) is 12.8 Å². The molecule has 2 N–H and O–H groups in total. The maximum atomic E-state index is 12.4. The van der Waals surface area contributed by atoms with Crippen molar-refractivity contribution in [2.24, 2.45) is 7.05 Å². The molecule has 2 heterocycles. The number of urea groups is 1. The van der Waals surface area contributed by atoms with Crippen molar-refractivity contribution in [1.29, 1.82) is 0 Å². The first-order valence-corrected chi connectivity index (χ1v) is 9.57. The van der Waals surface area contributed by atoms with E-state index in [0.717, 1.165) is 11.8 Å². The summed E-state index contributed by atoms with van der Waals surface area (Å²) in [6.07, 6.45) is 5.93. The summed E-state index contributed by atoms with van der Waals surface area (Å²) in [5, 5.41) is 7.01. The maximum absolute atomic E-state index is 12.4. The molecular formula is C14H25N5O3S. The Kier molecular flexibility index (Phi) is 5.30. The van der Waals surface area contributed by atoms with Gasteiger partial charge in [0.2, 0.25) is 10.0 Å². The van der Waals surface area contributed by atoms with Gasteiger partial charge in [-0.2, -0.15) is 5.10 Å². The number of aromatic nitrogens is 2. The molecular weight excluding hydrogens is 318 g/mol. The molecule has 0 bridgehead atoms. The minimum absolute atomic E-state index is 0.0310. The zero-order valence-corrected chi connectivity index (χ0v) is 14.8. The molecule has 0 unspecified atom stereocenters. The minimum atomic E-state index is -3.33. The summed E-state index contributed by atoms with van der Waals surface area (Å²) < 4.78 is 27.5. The van der Waals surface area contributed by atoms with E-state index in [1.165, 1.54) is 0 Å². The summed E-state index contributed by atoms with van der Waals surface area (Å²) in [5.74, 6) is 0. The second-order valence-corrected chi connectivity index (χ2v) is 8.16. The average Bonchev–Trinajstić information content (AvgIpc) is 2.95. The highest BCUT2D eigenvalue weighted by molar-refractivity contribution is 7.88. The van der Waals surface area contributed by atoms with Crippen molar-refractivity contribution in [1.82, 2.24) is 24.7 Å². The number of aryl methyl sites for hydroxylation is 1. The van der Waals surface area contributed by atoms with E-state index in [1.807, 2.05) is 27.1 Å². The van der Waals surface area contributed by atoms with Crippen LogP contribution in [0.5, 0.6) is 0 Å². The smallest absolute Gasteiger partial charge is 0.317 e. The summed E-state index contributed by atoms with van der Waals surface area (Å²) in [4.78, 5) is 14.1. The van der Waals surface area contributed by atoms with Crippen LogP contribution in [0.1, 0.15) is 25.8 Å². The van der Waals surface area contributed by atoms with E-state index in [2.05, 4.69) is 15.1 Å². The van der Waals surface area contributed by atoms with E-state index in [1.54, 1.807) is 15.8 Å². The van der Waals surface area contributed by atoms with Gasteiger partial charge in [-0.3, -0.25) is 4.68 Å². The summed E-state index contributed by atoms with van der Waals surface area (Å²) in [6.45, 7) is 4.32. The van der Waals surface area contributed by atoms with Gasteiger partial charge in [-0.15, -0.1) is 0 Å². The van der Waals surface area contributed by atoms with Crippen molar-refractivity contribution in [3.05, 3.63) is 18.0 Å². The van der Waals surface area contributed by atoms with Gasteiger partial charge >= 0.3 is 6.03 Å². The summed E-state index contributed by atoms with van der Waals surface area (Å²) in [5.41, 5.74) is 0.974. The number of nitrogens with one attached hydrogen (secondary N) is 2. The predicted octanol–water partition coefficient (Wildman–Crippen LogP) is 0.0727. The number of sulfonamides is 1. The van der Waals surface area contributed by atoms with Gasteiger partial charge in [0.1, 0.15) is 0 Å². The van der Waals surface area contributed by atoms with Gasteiger partial charge in [-0.25, -0.2) is 17.9 Å². The van der Waals surface area contributed by atoms with Gasteiger partial charge in [0.05, 0.1) is 18.5 Å². The van der Waals surface area contributed by atoms with Crippen molar-refractivity contribution in [3.63, 3.8) is 0 Å². The third-order valence-electron chi connectivity index (χ3n) is 3.79. The van der Waals surface area contributed by atoms with Crippen LogP contribution in [0.15, 0.2) is 12.4 Å². The average molecular weight is 343 g/mol. The SMILES string of the molecule is CC(C)NC(=O)N1CC[C@@H](NS(C)(=O)=O)[C@@H]1Cc1cnn(C)c1. The van der Waals surface area contributed by atoms with Crippen LogP contribution >= 0.6 is 0 Å². The monoisotopic (exact) mass is 343 g/mol. The molecule has 0 aromatic carbocycles. The Morgan fingerprint density at radius 3 is 2.70 bits per heavy atom. The van der Waals surface area contributed by atoms with Crippen LogP contribution < -0.4 is 10.0 Å². The van der Waals surface area contributed by atoms with E-state index in [0.29, 0.717) is 19.4 Å². The second-order valence-electron chi connectivity index (χ2n) is 6.38. The molecule has 2 atom stereocenters. The molecule has 0 radical (unpaired) electrons. The van der Waals surface area contributed by atoms with Gasteiger partial charge < -0.3 is 10.2 Å². The number of amides is 2. The molecule has 0 spiro atoms. The van der Waals surface area contributed by atoms with Crippen LogP contribution in [-0.4, -0.2) is 60.1 Å². The Morgan fingerprint density at radius 1 is 1.48 bits per heavy atom. The second kappa shape index (κ2) is 6.88. The molecule has 1 aliphatic heterocycles. The van der Waals surface area contributed by atoms with Crippen LogP contribution in [0.25, 0.3) is 0 Å².